The molecule has 0 saturated heterocycles. The molecule has 2 N–H and O–H groups in total. The minimum Gasteiger partial charge on any atom is -0.370 e. The Bertz CT molecular complexity index is 56.4. The molecule has 0 aromatic carbocycles. The van der Waals surface area contributed by atoms with Crippen LogP contribution < -0.4 is 0 Å². The van der Waals surface area contributed by atoms with Gasteiger partial charge < -0.3 is 10.2 Å². The van der Waals surface area contributed by atoms with Crippen molar-refractivity contribution in [2.24, 2.45) is 0 Å². The van der Waals surface area contributed by atoms with E-state index in [1.165, 1.54) is 0 Å². The molecule has 0 fully saturated rings. The van der Waals surface area contributed by atoms with Gasteiger partial charge in [-0.05, 0) is 0 Å². The van der Waals surface area contributed by atoms with E-state index in [0.29, 0.717) is 0 Å². The molecule has 6 radical (unpaired) electrons. The molecule has 32 valence electrons. The average Bonchev–Trinajstić information content (AvgIpc) is 1.31. The molecule has 0 aliphatic rings. The lowest BCUT2D eigenvalue weighted by molar-refractivity contribution is -0.0378. The highest BCUT2D eigenvalue weighted by molar-refractivity contribution is 6.59. The van der Waals surface area contributed by atoms with E-state index in [4.69, 9.17) is 33.8 Å². The normalized spacial score (nSPS) is 12.4. The van der Waals surface area contributed by atoms with Crippen molar-refractivity contribution in [2.75, 3.05) is 0 Å². The van der Waals surface area contributed by atoms with Crippen LogP contribution in [0.15, 0.2) is 0 Å². The zero-order valence-electron chi connectivity index (χ0n) is 3.70. The standard InChI is InChI=1S/C2H3B3O2/c3-2(4,5)1(6)7/h1,6-7H. The summed E-state index contributed by atoms with van der Waals surface area (Å²) < 4.78 is 0. The fraction of sp³-hybridized carbons (Fsp3) is 1.00. The summed E-state index contributed by atoms with van der Waals surface area (Å²) in [7, 11) is 14.2. The number of aliphatic hydroxyl groups excluding tert-OH is 1. The summed E-state index contributed by atoms with van der Waals surface area (Å²) in [6.45, 7) is 0. The second-order valence-electron chi connectivity index (χ2n) is 1.37. The quantitative estimate of drug-likeness (QED) is 0.286. The Kier molecular flexibility index (Phi) is 1.96. The molecule has 0 aromatic heterocycles. The van der Waals surface area contributed by atoms with Crippen LogP contribution in [-0.4, -0.2) is 40.0 Å². The third-order valence-corrected chi connectivity index (χ3v) is 0.447. The Morgan fingerprint density at radius 2 is 1.29 bits per heavy atom. The van der Waals surface area contributed by atoms with Crippen LogP contribution in [-0.2, 0) is 0 Å². The van der Waals surface area contributed by atoms with Crippen LogP contribution in [0.5, 0.6) is 0 Å². The Morgan fingerprint density at radius 1 is 1.14 bits per heavy atom. The van der Waals surface area contributed by atoms with Crippen molar-refractivity contribution in [3.05, 3.63) is 0 Å². The first-order valence-electron chi connectivity index (χ1n) is 1.67. The Hall–Kier alpha value is 0.115. The highest BCUT2D eigenvalue weighted by Crippen LogP contribution is 2.11. The van der Waals surface area contributed by atoms with Crippen LogP contribution in [0.3, 0.4) is 0 Å². The molecule has 7 heavy (non-hydrogen) atoms. The zero-order valence-corrected chi connectivity index (χ0v) is 3.70. The predicted octanol–water partition coefficient (Wildman–Crippen LogP) is -2.12. The number of rotatable bonds is 1. The molecular formula is C2H3B3O2. The first kappa shape index (κ1) is 7.11. The predicted molar refractivity (Wildman–Crippen MR) is 28.2 cm³/mol. The van der Waals surface area contributed by atoms with Gasteiger partial charge in [0.1, 0.15) is 6.29 Å². The molecule has 0 amide bonds. The maximum Gasteiger partial charge on any atom is 0.134 e. The summed E-state index contributed by atoms with van der Waals surface area (Å²) in [5, 5.41) is 14.2. The molecule has 0 bridgehead atoms. The van der Waals surface area contributed by atoms with Crippen molar-refractivity contribution in [3.63, 3.8) is 0 Å². The molecule has 2 nitrogen and oxygen atoms in total. The number of hydrogen-bond acceptors (Lipinski definition) is 2. The van der Waals surface area contributed by atoms with E-state index >= 15 is 0 Å². The van der Waals surface area contributed by atoms with Crippen LogP contribution in [0.25, 0.3) is 0 Å². The Labute approximate surface area is 46.1 Å². The van der Waals surface area contributed by atoms with E-state index in [-0.39, 0.29) is 0 Å². The fourth-order valence-electron chi connectivity index (χ4n) is 0. The highest BCUT2D eigenvalue weighted by Gasteiger charge is 2.16. The van der Waals surface area contributed by atoms with Crippen molar-refractivity contribution in [1.29, 1.82) is 0 Å². The smallest absolute Gasteiger partial charge is 0.134 e. The van der Waals surface area contributed by atoms with E-state index in [1.54, 1.807) is 0 Å². The van der Waals surface area contributed by atoms with Gasteiger partial charge in [0.2, 0.25) is 0 Å². The molecule has 0 aliphatic carbocycles. The van der Waals surface area contributed by atoms with Gasteiger partial charge in [0.05, 0.1) is 23.5 Å². The van der Waals surface area contributed by atoms with Gasteiger partial charge in [-0.25, -0.2) is 0 Å². The summed E-state index contributed by atoms with van der Waals surface area (Å²) in [5.41, 5.74) is 0. The van der Waals surface area contributed by atoms with Crippen LogP contribution >= 0.6 is 0 Å². The first-order chi connectivity index (χ1) is 2.94. The lowest BCUT2D eigenvalue weighted by atomic mass is 9.42. The van der Waals surface area contributed by atoms with Crippen LogP contribution in [0, 0.1) is 0 Å². The molecule has 0 saturated carbocycles. The third kappa shape index (κ3) is 2.77. The summed E-state index contributed by atoms with van der Waals surface area (Å²) in [6.07, 6.45) is -1.87. The van der Waals surface area contributed by atoms with Crippen LogP contribution in [0.2, 0.25) is 5.11 Å². The SMILES string of the molecule is [B]C([B])([B])C(O)O. The van der Waals surface area contributed by atoms with E-state index in [2.05, 4.69) is 0 Å². The summed E-state index contributed by atoms with van der Waals surface area (Å²) in [6, 6.07) is 0. The Morgan fingerprint density at radius 3 is 1.29 bits per heavy atom. The number of aliphatic hydroxyl groups is 2. The molecule has 5 heteroatoms. The molecular weight excluding hydrogens is 88.5 g/mol. The largest absolute Gasteiger partial charge is 0.370 e. The molecule has 0 aliphatic heterocycles. The zero-order chi connectivity index (χ0) is 6.08. The third-order valence-electron chi connectivity index (χ3n) is 0.447. The van der Waals surface area contributed by atoms with Crippen molar-refractivity contribution in [3.8, 4) is 0 Å². The van der Waals surface area contributed by atoms with E-state index in [9.17, 15) is 0 Å². The summed E-state index contributed by atoms with van der Waals surface area (Å²) >= 11 is 0. The lowest BCUT2D eigenvalue weighted by Crippen LogP contribution is -2.28. The van der Waals surface area contributed by atoms with E-state index in [1.807, 2.05) is 0 Å². The van der Waals surface area contributed by atoms with Crippen molar-refractivity contribution in [1.82, 2.24) is 0 Å². The second kappa shape index (κ2) is 1.93. The van der Waals surface area contributed by atoms with Gasteiger partial charge in [0, 0.05) is 0 Å². The second-order valence-corrected chi connectivity index (χ2v) is 1.37. The minimum absolute atomic E-state index is 1.87. The van der Waals surface area contributed by atoms with Gasteiger partial charge in [-0.3, -0.25) is 0 Å². The van der Waals surface area contributed by atoms with Crippen molar-refractivity contribution in [2.45, 2.75) is 11.4 Å². The summed E-state index contributed by atoms with van der Waals surface area (Å²) in [4.78, 5) is 0. The first-order valence-corrected chi connectivity index (χ1v) is 1.67. The van der Waals surface area contributed by atoms with Crippen molar-refractivity contribution >= 4 is 23.5 Å². The maximum absolute atomic E-state index is 8.07. The van der Waals surface area contributed by atoms with E-state index < -0.39 is 11.4 Å². The highest BCUT2D eigenvalue weighted by atomic mass is 16.5. The van der Waals surface area contributed by atoms with E-state index in [0.717, 1.165) is 0 Å². The Balaban J connectivity index is 3.54. The van der Waals surface area contributed by atoms with Crippen molar-refractivity contribution < 1.29 is 10.2 Å². The number of hydrogen-bond donors (Lipinski definition) is 2. The summed E-state index contributed by atoms with van der Waals surface area (Å²) in [5.74, 6) is 0. The molecule has 0 rings (SSSR count). The van der Waals surface area contributed by atoms with Gasteiger partial charge >= 0.3 is 0 Å². The van der Waals surface area contributed by atoms with Gasteiger partial charge in [-0.2, -0.15) is 0 Å². The monoisotopic (exact) mass is 92.0 g/mol. The minimum atomic E-state index is -1.89. The molecule has 0 unspecified atom stereocenters. The van der Waals surface area contributed by atoms with Gasteiger partial charge in [0.15, 0.2) is 0 Å². The lowest BCUT2D eigenvalue weighted by Gasteiger charge is -2.21. The average molecular weight is 91.5 g/mol. The maximum atomic E-state index is 8.07. The molecule has 0 aromatic rings. The van der Waals surface area contributed by atoms with Gasteiger partial charge in [-0.1, -0.05) is 5.11 Å². The fourth-order valence-corrected chi connectivity index (χ4v) is 0. The van der Waals surface area contributed by atoms with Crippen LogP contribution in [0.1, 0.15) is 0 Å². The van der Waals surface area contributed by atoms with Gasteiger partial charge in [-0.15, -0.1) is 0 Å². The molecule has 0 spiro atoms. The van der Waals surface area contributed by atoms with Gasteiger partial charge in [0.25, 0.3) is 0 Å². The molecule has 0 heterocycles. The van der Waals surface area contributed by atoms with Crippen LogP contribution in [0.4, 0.5) is 0 Å². The topological polar surface area (TPSA) is 40.5 Å². The molecule has 0 atom stereocenters.